The van der Waals surface area contributed by atoms with Gasteiger partial charge in [0.2, 0.25) is 0 Å². The van der Waals surface area contributed by atoms with Crippen LogP contribution >= 0.6 is 0 Å². The van der Waals surface area contributed by atoms with Gasteiger partial charge < -0.3 is 16.2 Å². The average Bonchev–Trinajstić information content (AvgIpc) is 2.17. The summed E-state index contributed by atoms with van der Waals surface area (Å²) in [5.74, 6) is 0.495. The fourth-order valence-corrected chi connectivity index (χ4v) is 1.64. The summed E-state index contributed by atoms with van der Waals surface area (Å²) in [7, 11) is 0. The lowest BCUT2D eigenvalue weighted by Crippen LogP contribution is -2.40. The van der Waals surface area contributed by atoms with Crippen molar-refractivity contribution in [2.24, 2.45) is 0 Å². The lowest BCUT2D eigenvalue weighted by molar-refractivity contribution is 0.0604. The second-order valence-corrected chi connectivity index (χ2v) is 4.44. The zero-order valence-electron chi connectivity index (χ0n) is 10.0. The van der Waals surface area contributed by atoms with Crippen LogP contribution in [0.3, 0.4) is 0 Å². The molecule has 0 aliphatic rings. The number of anilines is 1. The predicted molar refractivity (Wildman–Crippen MR) is 66.1 cm³/mol. The van der Waals surface area contributed by atoms with Gasteiger partial charge in [-0.05, 0) is 37.6 Å². The molecular formula is C12H21N3O. The Kier molecular flexibility index (Phi) is 4.71. The smallest absolute Gasteiger partial charge is 0.123 e. The number of aromatic nitrogens is 1. The zero-order valence-corrected chi connectivity index (χ0v) is 10.0. The third-order valence-electron chi connectivity index (χ3n) is 2.36. The number of nitrogens with two attached hydrogens (primary N) is 1. The second kappa shape index (κ2) is 5.82. The first kappa shape index (κ1) is 12.9. The highest BCUT2D eigenvalue weighted by Crippen LogP contribution is 2.13. The second-order valence-electron chi connectivity index (χ2n) is 4.44. The first-order valence-corrected chi connectivity index (χ1v) is 5.67. The molecule has 0 aliphatic carbocycles. The predicted octanol–water partition coefficient (Wildman–Crippen LogP) is 0.957. The number of nitrogen functional groups attached to an aromatic ring is 1. The van der Waals surface area contributed by atoms with Crippen molar-refractivity contribution < 1.29 is 5.11 Å². The highest BCUT2D eigenvalue weighted by Gasteiger charge is 2.20. The summed E-state index contributed by atoms with van der Waals surface area (Å²) < 4.78 is 0. The highest BCUT2D eigenvalue weighted by molar-refractivity contribution is 5.32. The quantitative estimate of drug-likeness (QED) is 0.628. The van der Waals surface area contributed by atoms with Gasteiger partial charge in [0.05, 0.1) is 5.60 Å². The molecule has 1 rings (SSSR count). The summed E-state index contributed by atoms with van der Waals surface area (Å²) in [5.41, 5.74) is 5.85. The Morgan fingerprint density at radius 3 is 2.94 bits per heavy atom. The number of nitrogens with zero attached hydrogens (tertiary/aromatic N) is 1. The van der Waals surface area contributed by atoms with Crippen LogP contribution < -0.4 is 11.1 Å². The van der Waals surface area contributed by atoms with Gasteiger partial charge in [0.25, 0.3) is 0 Å². The molecular weight excluding hydrogens is 202 g/mol. The number of pyridine rings is 1. The lowest BCUT2D eigenvalue weighted by Gasteiger charge is -2.23. The topological polar surface area (TPSA) is 71.2 Å². The Balaban J connectivity index is 2.51. The van der Waals surface area contributed by atoms with Crippen LogP contribution in [-0.2, 0) is 6.42 Å². The van der Waals surface area contributed by atoms with Gasteiger partial charge in [-0.15, -0.1) is 0 Å². The van der Waals surface area contributed by atoms with Gasteiger partial charge in [-0.2, -0.15) is 0 Å². The van der Waals surface area contributed by atoms with E-state index in [0.29, 0.717) is 18.8 Å². The molecule has 0 saturated carbocycles. The summed E-state index contributed by atoms with van der Waals surface area (Å²) in [6, 6.07) is 3.68. The van der Waals surface area contributed by atoms with Crippen LogP contribution in [0.25, 0.3) is 0 Å². The average molecular weight is 223 g/mol. The number of hydrogen-bond donors (Lipinski definition) is 3. The van der Waals surface area contributed by atoms with Gasteiger partial charge in [0, 0.05) is 19.2 Å². The van der Waals surface area contributed by atoms with Crippen LogP contribution in [0.1, 0.15) is 25.8 Å². The molecule has 0 spiro atoms. The van der Waals surface area contributed by atoms with Crippen molar-refractivity contribution >= 4 is 5.82 Å². The molecule has 0 amide bonds. The minimum absolute atomic E-state index is 0.495. The number of nitrogens with one attached hydrogen (secondary N) is 1. The zero-order chi connectivity index (χ0) is 12.0. The van der Waals surface area contributed by atoms with Crippen molar-refractivity contribution in [2.45, 2.75) is 32.3 Å². The summed E-state index contributed by atoms with van der Waals surface area (Å²) in [6.07, 6.45) is 3.31. The molecule has 0 fully saturated rings. The van der Waals surface area contributed by atoms with E-state index in [-0.39, 0.29) is 0 Å². The van der Waals surface area contributed by atoms with Crippen LogP contribution in [0.5, 0.6) is 0 Å². The Labute approximate surface area is 96.9 Å². The van der Waals surface area contributed by atoms with Crippen molar-refractivity contribution in [1.82, 2.24) is 10.3 Å². The standard InChI is InChI=1S/C12H21N3O/c1-3-5-14-9-12(2,16)8-10-4-6-15-11(13)7-10/h4,6-7,14,16H,3,5,8-9H2,1-2H3,(H2,13,15). The summed E-state index contributed by atoms with van der Waals surface area (Å²) >= 11 is 0. The highest BCUT2D eigenvalue weighted by atomic mass is 16.3. The number of hydrogen-bond acceptors (Lipinski definition) is 4. The first-order chi connectivity index (χ1) is 7.53. The van der Waals surface area contributed by atoms with E-state index >= 15 is 0 Å². The van der Waals surface area contributed by atoms with Crippen molar-refractivity contribution in [2.75, 3.05) is 18.8 Å². The van der Waals surface area contributed by atoms with Crippen molar-refractivity contribution in [1.29, 1.82) is 0 Å². The monoisotopic (exact) mass is 223 g/mol. The Bertz CT molecular complexity index is 326. The Morgan fingerprint density at radius 2 is 2.31 bits per heavy atom. The van der Waals surface area contributed by atoms with Gasteiger partial charge in [0.15, 0.2) is 0 Å². The minimum atomic E-state index is -0.747. The molecule has 1 heterocycles. The summed E-state index contributed by atoms with van der Waals surface area (Å²) in [6.45, 7) is 5.44. The third-order valence-corrected chi connectivity index (χ3v) is 2.36. The van der Waals surface area contributed by atoms with E-state index in [1.807, 2.05) is 13.0 Å². The molecule has 4 nitrogen and oxygen atoms in total. The number of rotatable bonds is 6. The first-order valence-electron chi connectivity index (χ1n) is 5.67. The third kappa shape index (κ3) is 4.59. The maximum atomic E-state index is 10.2. The summed E-state index contributed by atoms with van der Waals surface area (Å²) in [5, 5.41) is 13.4. The van der Waals surface area contributed by atoms with Crippen LogP contribution in [0.4, 0.5) is 5.82 Å². The van der Waals surface area contributed by atoms with E-state index in [1.165, 1.54) is 0 Å². The minimum Gasteiger partial charge on any atom is -0.389 e. The maximum Gasteiger partial charge on any atom is 0.123 e. The van der Waals surface area contributed by atoms with Gasteiger partial charge in [-0.25, -0.2) is 4.98 Å². The van der Waals surface area contributed by atoms with Gasteiger partial charge in [0.1, 0.15) is 5.82 Å². The molecule has 0 bridgehead atoms. The fraction of sp³-hybridized carbons (Fsp3) is 0.583. The molecule has 16 heavy (non-hydrogen) atoms. The normalized spacial score (nSPS) is 14.7. The van der Waals surface area contributed by atoms with Crippen molar-refractivity contribution in [3.63, 3.8) is 0 Å². The van der Waals surface area contributed by atoms with Crippen molar-refractivity contribution in [3.8, 4) is 0 Å². The molecule has 90 valence electrons. The van der Waals surface area contributed by atoms with E-state index in [9.17, 15) is 5.11 Å². The molecule has 0 aliphatic heterocycles. The SMILES string of the molecule is CCCNCC(C)(O)Cc1ccnc(N)c1. The molecule has 0 aromatic carbocycles. The molecule has 1 aromatic rings. The largest absolute Gasteiger partial charge is 0.389 e. The van der Waals surface area contributed by atoms with Crippen molar-refractivity contribution in [3.05, 3.63) is 23.9 Å². The molecule has 0 radical (unpaired) electrons. The Hall–Kier alpha value is -1.13. The number of aliphatic hydroxyl groups is 1. The molecule has 0 saturated heterocycles. The molecule has 4 heteroatoms. The van der Waals surface area contributed by atoms with Gasteiger partial charge >= 0.3 is 0 Å². The van der Waals surface area contributed by atoms with E-state index in [0.717, 1.165) is 18.5 Å². The molecule has 4 N–H and O–H groups in total. The maximum absolute atomic E-state index is 10.2. The van der Waals surface area contributed by atoms with E-state index in [4.69, 9.17) is 5.73 Å². The van der Waals surface area contributed by atoms with Gasteiger partial charge in [-0.3, -0.25) is 0 Å². The van der Waals surface area contributed by atoms with E-state index in [2.05, 4.69) is 17.2 Å². The van der Waals surface area contributed by atoms with Crippen LogP contribution in [0, 0.1) is 0 Å². The van der Waals surface area contributed by atoms with Crippen LogP contribution in [0.15, 0.2) is 18.3 Å². The molecule has 1 atom stereocenters. The van der Waals surface area contributed by atoms with Gasteiger partial charge in [-0.1, -0.05) is 6.92 Å². The lowest BCUT2D eigenvalue weighted by atomic mass is 9.97. The van der Waals surface area contributed by atoms with E-state index in [1.54, 1.807) is 12.3 Å². The van der Waals surface area contributed by atoms with Crippen LogP contribution in [-0.4, -0.2) is 28.8 Å². The molecule has 1 unspecified atom stereocenters. The van der Waals surface area contributed by atoms with Crippen LogP contribution in [0.2, 0.25) is 0 Å². The summed E-state index contributed by atoms with van der Waals surface area (Å²) in [4.78, 5) is 3.93. The Morgan fingerprint density at radius 1 is 1.56 bits per heavy atom. The molecule has 1 aromatic heterocycles. The fourth-order valence-electron chi connectivity index (χ4n) is 1.64. The van der Waals surface area contributed by atoms with E-state index < -0.39 is 5.60 Å².